The van der Waals surface area contributed by atoms with Gasteiger partial charge in [0.2, 0.25) is 0 Å². The smallest absolute Gasteiger partial charge is 0.131 e. The Labute approximate surface area is 137 Å². The fourth-order valence-corrected chi connectivity index (χ4v) is 3.75. The molecule has 1 aromatic carbocycles. The number of benzene rings is 1. The highest BCUT2D eigenvalue weighted by Crippen LogP contribution is 2.30. The van der Waals surface area contributed by atoms with Gasteiger partial charge in [-0.25, -0.2) is 4.39 Å². The molecule has 1 atom stereocenters. The van der Waals surface area contributed by atoms with Crippen molar-refractivity contribution in [1.82, 2.24) is 5.32 Å². The SMILES string of the molecule is CCCNC(Cc1sccc1Br)c1ccc(OC)cc1F. The van der Waals surface area contributed by atoms with E-state index in [9.17, 15) is 4.39 Å². The highest BCUT2D eigenvalue weighted by atomic mass is 79.9. The lowest BCUT2D eigenvalue weighted by Crippen LogP contribution is -2.24. The lowest BCUT2D eigenvalue weighted by molar-refractivity contribution is 0.409. The topological polar surface area (TPSA) is 21.3 Å². The molecule has 0 aliphatic rings. The summed E-state index contributed by atoms with van der Waals surface area (Å²) < 4.78 is 20.5. The van der Waals surface area contributed by atoms with Crippen molar-refractivity contribution in [3.8, 4) is 5.75 Å². The molecule has 0 aliphatic carbocycles. The predicted octanol–water partition coefficient (Wildman–Crippen LogP) is 4.94. The van der Waals surface area contributed by atoms with Gasteiger partial charge in [-0.1, -0.05) is 13.0 Å². The Hall–Kier alpha value is -0.910. The lowest BCUT2D eigenvalue weighted by Gasteiger charge is -2.20. The lowest BCUT2D eigenvalue weighted by atomic mass is 10.0. The van der Waals surface area contributed by atoms with E-state index >= 15 is 0 Å². The summed E-state index contributed by atoms with van der Waals surface area (Å²) in [6.07, 6.45) is 1.78. The Morgan fingerprint density at radius 2 is 2.19 bits per heavy atom. The van der Waals surface area contributed by atoms with Crippen molar-refractivity contribution >= 4 is 27.3 Å². The van der Waals surface area contributed by atoms with E-state index in [1.165, 1.54) is 10.9 Å². The summed E-state index contributed by atoms with van der Waals surface area (Å²) in [5, 5.41) is 5.48. The molecule has 2 rings (SSSR count). The van der Waals surface area contributed by atoms with Gasteiger partial charge in [-0.15, -0.1) is 11.3 Å². The molecule has 1 aromatic heterocycles. The van der Waals surface area contributed by atoms with Crippen LogP contribution in [-0.4, -0.2) is 13.7 Å². The van der Waals surface area contributed by atoms with E-state index < -0.39 is 0 Å². The van der Waals surface area contributed by atoms with Gasteiger partial charge in [0.15, 0.2) is 0 Å². The van der Waals surface area contributed by atoms with Crippen molar-refractivity contribution in [3.05, 3.63) is 50.4 Å². The maximum absolute atomic E-state index is 14.3. The van der Waals surface area contributed by atoms with Gasteiger partial charge in [0.05, 0.1) is 7.11 Å². The van der Waals surface area contributed by atoms with Crippen LogP contribution in [0.1, 0.15) is 29.8 Å². The van der Waals surface area contributed by atoms with Crippen LogP contribution in [0.3, 0.4) is 0 Å². The maximum Gasteiger partial charge on any atom is 0.131 e. The van der Waals surface area contributed by atoms with Gasteiger partial charge in [0.25, 0.3) is 0 Å². The molecule has 5 heteroatoms. The van der Waals surface area contributed by atoms with Crippen LogP contribution in [0.4, 0.5) is 4.39 Å². The Morgan fingerprint density at radius 1 is 1.38 bits per heavy atom. The highest BCUT2D eigenvalue weighted by Gasteiger charge is 2.18. The number of ether oxygens (including phenoxy) is 1. The molecule has 0 saturated carbocycles. The van der Waals surface area contributed by atoms with Crippen LogP contribution in [0.25, 0.3) is 0 Å². The Balaban J connectivity index is 2.25. The zero-order chi connectivity index (χ0) is 15.2. The molecule has 1 heterocycles. The number of halogens is 2. The number of thiophene rings is 1. The molecule has 1 N–H and O–H groups in total. The predicted molar refractivity (Wildman–Crippen MR) is 89.7 cm³/mol. The Bertz CT molecular complexity index is 587. The fraction of sp³-hybridized carbons (Fsp3) is 0.375. The van der Waals surface area contributed by atoms with Gasteiger partial charge >= 0.3 is 0 Å². The molecular weight excluding hydrogens is 353 g/mol. The molecule has 0 aliphatic heterocycles. The largest absolute Gasteiger partial charge is 0.497 e. The summed E-state index contributed by atoms with van der Waals surface area (Å²) in [4.78, 5) is 1.22. The first kappa shape index (κ1) is 16.5. The van der Waals surface area contributed by atoms with Crippen molar-refractivity contribution in [2.75, 3.05) is 13.7 Å². The summed E-state index contributed by atoms with van der Waals surface area (Å²) in [5.74, 6) is 0.318. The quantitative estimate of drug-likeness (QED) is 0.743. The Morgan fingerprint density at radius 3 is 2.76 bits per heavy atom. The minimum absolute atomic E-state index is 0.0363. The summed E-state index contributed by atoms with van der Waals surface area (Å²) in [5.41, 5.74) is 0.685. The molecule has 0 fully saturated rings. The van der Waals surface area contributed by atoms with Crippen LogP contribution >= 0.6 is 27.3 Å². The normalized spacial score (nSPS) is 12.4. The van der Waals surface area contributed by atoms with Gasteiger partial charge < -0.3 is 10.1 Å². The second-order valence-corrected chi connectivity index (χ2v) is 6.64. The van der Waals surface area contributed by atoms with E-state index in [0.29, 0.717) is 11.3 Å². The fourth-order valence-electron chi connectivity index (χ4n) is 2.18. The van der Waals surface area contributed by atoms with Crippen LogP contribution in [-0.2, 0) is 6.42 Å². The average molecular weight is 372 g/mol. The van der Waals surface area contributed by atoms with Gasteiger partial charge in [-0.3, -0.25) is 0 Å². The second kappa shape index (κ2) is 7.92. The molecule has 0 saturated heterocycles. The summed E-state index contributed by atoms with van der Waals surface area (Å²) in [7, 11) is 1.55. The summed E-state index contributed by atoms with van der Waals surface area (Å²) >= 11 is 5.23. The standard InChI is InChI=1S/C16H19BrFNOS/c1-3-7-19-15(10-16-13(17)6-8-21-16)12-5-4-11(20-2)9-14(12)18/h4-6,8-9,15,19H,3,7,10H2,1-2H3. The summed E-state index contributed by atoms with van der Waals surface area (Å²) in [6.45, 7) is 2.97. The average Bonchev–Trinajstić information content (AvgIpc) is 2.88. The van der Waals surface area contributed by atoms with Crippen LogP contribution in [0.5, 0.6) is 5.75 Å². The van der Waals surface area contributed by atoms with Crippen LogP contribution in [0, 0.1) is 5.82 Å². The van der Waals surface area contributed by atoms with E-state index in [0.717, 1.165) is 23.9 Å². The third-order valence-corrected chi connectivity index (χ3v) is 5.25. The molecule has 2 aromatic rings. The van der Waals surface area contributed by atoms with Crippen molar-refractivity contribution in [3.63, 3.8) is 0 Å². The summed E-state index contributed by atoms with van der Waals surface area (Å²) in [6, 6.07) is 7.05. The van der Waals surface area contributed by atoms with Crippen molar-refractivity contribution < 1.29 is 9.13 Å². The molecule has 0 amide bonds. The number of hydrogen-bond acceptors (Lipinski definition) is 3. The monoisotopic (exact) mass is 371 g/mol. The van der Waals surface area contributed by atoms with E-state index in [-0.39, 0.29) is 11.9 Å². The maximum atomic E-state index is 14.3. The van der Waals surface area contributed by atoms with Gasteiger partial charge in [-0.2, -0.15) is 0 Å². The first-order chi connectivity index (χ1) is 10.2. The molecule has 0 bridgehead atoms. The van der Waals surface area contributed by atoms with Crippen molar-refractivity contribution in [2.24, 2.45) is 0 Å². The van der Waals surface area contributed by atoms with E-state index in [1.807, 2.05) is 23.6 Å². The molecule has 2 nitrogen and oxygen atoms in total. The number of methoxy groups -OCH3 is 1. The van der Waals surface area contributed by atoms with E-state index in [1.54, 1.807) is 18.4 Å². The van der Waals surface area contributed by atoms with Crippen LogP contribution in [0.15, 0.2) is 34.1 Å². The minimum atomic E-state index is -0.226. The Kier molecular flexibility index (Phi) is 6.21. The third kappa shape index (κ3) is 4.28. The first-order valence-corrected chi connectivity index (χ1v) is 8.61. The second-order valence-electron chi connectivity index (χ2n) is 4.79. The van der Waals surface area contributed by atoms with E-state index in [2.05, 4.69) is 28.2 Å². The first-order valence-electron chi connectivity index (χ1n) is 6.94. The molecule has 1 unspecified atom stereocenters. The molecule has 114 valence electrons. The number of nitrogens with one attached hydrogen (secondary N) is 1. The molecule has 0 radical (unpaired) electrons. The van der Waals surface area contributed by atoms with Crippen LogP contribution < -0.4 is 10.1 Å². The minimum Gasteiger partial charge on any atom is -0.497 e. The zero-order valence-corrected chi connectivity index (χ0v) is 14.6. The van der Waals surface area contributed by atoms with Gasteiger partial charge in [0.1, 0.15) is 11.6 Å². The van der Waals surface area contributed by atoms with Crippen molar-refractivity contribution in [1.29, 1.82) is 0 Å². The van der Waals surface area contributed by atoms with Gasteiger partial charge in [0, 0.05) is 33.4 Å². The molecule has 0 spiro atoms. The van der Waals surface area contributed by atoms with Crippen molar-refractivity contribution in [2.45, 2.75) is 25.8 Å². The molecule has 21 heavy (non-hydrogen) atoms. The van der Waals surface area contributed by atoms with E-state index in [4.69, 9.17) is 4.74 Å². The number of rotatable bonds is 7. The highest BCUT2D eigenvalue weighted by molar-refractivity contribution is 9.10. The van der Waals surface area contributed by atoms with Gasteiger partial charge in [-0.05, 0) is 46.4 Å². The molecular formula is C16H19BrFNOS. The number of hydrogen-bond donors (Lipinski definition) is 1. The third-order valence-electron chi connectivity index (χ3n) is 3.30. The van der Waals surface area contributed by atoms with Crippen LogP contribution in [0.2, 0.25) is 0 Å². The zero-order valence-electron chi connectivity index (χ0n) is 12.2.